The van der Waals surface area contributed by atoms with Crippen molar-refractivity contribution in [2.75, 3.05) is 26.8 Å². The molecule has 1 aromatic rings. The van der Waals surface area contributed by atoms with Gasteiger partial charge in [-0.1, -0.05) is 18.2 Å². The molecule has 0 spiro atoms. The molecule has 1 aromatic carbocycles. The van der Waals surface area contributed by atoms with Crippen molar-refractivity contribution >= 4 is 30.1 Å². The predicted molar refractivity (Wildman–Crippen MR) is 129 cm³/mol. The Morgan fingerprint density at radius 1 is 1.18 bits per heavy atom. The van der Waals surface area contributed by atoms with Crippen molar-refractivity contribution in [3.63, 3.8) is 0 Å². The zero-order valence-electron chi connectivity index (χ0n) is 20.0. The van der Waals surface area contributed by atoms with E-state index in [-0.39, 0.29) is 48.8 Å². The minimum atomic E-state index is -0.986. The van der Waals surface area contributed by atoms with Crippen LogP contribution in [0, 0.1) is 0 Å². The topological polar surface area (TPSA) is 114 Å². The average Bonchev–Trinajstić information content (AvgIpc) is 3.23. The van der Waals surface area contributed by atoms with Crippen molar-refractivity contribution < 1.29 is 23.9 Å². The van der Waals surface area contributed by atoms with Gasteiger partial charge < -0.3 is 30.3 Å². The summed E-state index contributed by atoms with van der Waals surface area (Å²) in [6, 6.07) is 5.98. The third kappa shape index (κ3) is 5.01. The SMILES string of the molecule is COC(C)(C)C(=O)N1CC[C@H]2CC[C@@H](C(=O)N[C@@H]3CCOc4ccccc43)N2C(=O)[C@@H](N)C1.Cl. The fraction of sp³-hybridized carbons (Fsp3) is 0.625. The maximum atomic E-state index is 13.3. The number of rotatable bonds is 4. The van der Waals surface area contributed by atoms with E-state index >= 15 is 0 Å². The van der Waals surface area contributed by atoms with E-state index in [4.69, 9.17) is 15.2 Å². The van der Waals surface area contributed by atoms with Gasteiger partial charge in [-0.25, -0.2) is 0 Å². The maximum absolute atomic E-state index is 13.3. The van der Waals surface area contributed by atoms with Crippen LogP contribution in [0.4, 0.5) is 0 Å². The van der Waals surface area contributed by atoms with E-state index in [1.165, 1.54) is 7.11 Å². The lowest BCUT2D eigenvalue weighted by molar-refractivity contribution is -0.154. The number of ether oxygens (including phenoxy) is 2. The first kappa shape index (κ1) is 26.2. The summed E-state index contributed by atoms with van der Waals surface area (Å²) >= 11 is 0. The molecule has 10 heteroatoms. The van der Waals surface area contributed by atoms with Crippen LogP contribution in [0.5, 0.6) is 5.75 Å². The normalized spacial score (nSPS) is 26.9. The molecule has 2 fully saturated rings. The van der Waals surface area contributed by atoms with Crippen LogP contribution >= 0.6 is 12.4 Å². The minimum Gasteiger partial charge on any atom is -0.493 e. The summed E-state index contributed by atoms with van der Waals surface area (Å²) in [5.41, 5.74) is 6.22. The number of halogens is 1. The molecule has 3 N–H and O–H groups in total. The maximum Gasteiger partial charge on any atom is 0.254 e. The van der Waals surface area contributed by atoms with Crippen molar-refractivity contribution in [2.24, 2.45) is 5.73 Å². The number of carbonyl (C=O) groups is 3. The van der Waals surface area contributed by atoms with Gasteiger partial charge in [0.1, 0.15) is 23.4 Å². The van der Waals surface area contributed by atoms with Gasteiger partial charge in [-0.05, 0) is 39.2 Å². The fourth-order valence-electron chi connectivity index (χ4n) is 5.07. The van der Waals surface area contributed by atoms with Crippen molar-refractivity contribution in [1.82, 2.24) is 15.1 Å². The quantitative estimate of drug-likeness (QED) is 0.653. The molecular weight excluding hydrogens is 460 g/mol. The summed E-state index contributed by atoms with van der Waals surface area (Å²) in [5, 5.41) is 3.14. The van der Waals surface area contributed by atoms with Crippen LogP contribution in [0.1, 0.15) is 51.1 Å². The second-order valence-electron chi connectivity index (χ2n) is 9.59. The van der Waals surface area contributed by atoms with Crippen molar-refractivity contribution in [2.45, 2.75) is 69.3 Å². The average molecular weight is 495 g/mol. The number of methoxy groups -OCH3 is 1. The molecular formula is C24H35ClN4O5. The lowest BCUT2D eigenvalue weighted by atomic mass is 10.00. The summed E-state index contributed by atoms with van der Waals surface area (Å²) < 4.78 is 11.0. The van der Waals surface area contributed by atoms with Gasteiger partial charge in [0.15, 0.2) is 0 Å². The number of benzene rings is 1. The highest BCUT2D eigenvalue weighted by Crippen LogP contribution is 2.34. The van der Waals surface area contributed by atoms with Crippen LogP contribution in [0.2, 0.25) is 0 Å². The Hall–Kier alpha value is -2.36. The molecule has 0 radical (unpaired) electrons. The number of carbonyl (C=O) groups excluding carboxylic acids is 3. The Bertz CT molecular complexity index is 926. The first-order chi connectivity index (χ1) is 15.7. The van der Waals surface area contributed by atoms with Gasteiger partial charge in [0, 0.05) is 38.2 Å². The Balaban J connectivity index is 0.00000324. The lowest BCUT2D eigenvalue weighted by Gasteiger charge is -2.39. The van der Waals surface area contributed by atoms with E-state index in [9.17, 15) is 14.4 Å². The minimum absolute atomic E-state index is 0. The molecule has 3 heterocycles. The fourth-order valence-corrected chi connectivity index (χ4v) is 5.07. The summed E-state index contributed by atoms with van der Waals surface area (Å²) in [4.78, 5) is 42.8. The largest absolute Gasteiger partial charge is 0.493 e. The summed E-state index contributed by atoms with van der Waals surface area (Å²) in [7, 11) is 1.49. The Morgan fingerprint density at radius 3 is 2.65 bits per heavy atom. The highest BCUT2D eigenvalue weighted by atomic mass is 35.5. The van der Waals surface area contributed by atoms with Crippen LogP contribution < -0.4 is 15.8 Å². The zero-order valence-corrected chi connectivity index (χ0v) is 20.8. The molecule has 4 atom stereocenters. The molecule has 0 unspecified atom stereocenters. The van der Waals surface area contributed by atoms with E-state index < -0.39 is 17.7 Å². The monoisotopic (exact) mass is 494 g/mol. The smallest absolute Gasteiger partial charge is 0.254 e. The van der Waals surface area contributed by atoms with Crippen LogP contribution in [-0.4, -0.2) is 78.1 Å². The molecule has 3 aliphatic rings. The number of para-hydroxylation sites is 1. The predicted octanol–water partition coefficient (Wildman–Crippen LogP) is 1.39. The van der Waals surface area contributed by atoms with E-state index in [2.05, 4.69) is 5.32 Å². The second kappa shape index (κ2) is 10.5. The van der Waals surface area contributed by atoms with Crippen LogP contribution in [0.15, 0.2) is 24.3 Å². The highest BCUT2D eigenvalue weighted by molar-refractivity contribution is 5.92. The number of nitrogens with one attached hydrogen (secondary N) is 1. The van der Waals surface area contributed by atoms with E-state index in [1.54, 1.807) is 23.6 Å². The molecule has 0 aromatic heterocycles. The summed E-state index contributed by atoms with van der Waals surface area (Å²) in [5.74, 6) is 0.158. The van der Waals surface area contributed by atoms with Gasteiger partial charge >= 0.3 is 0 Å². The van der Waals surface area contributed by atoms with E-state index in [1.807, 2.05) is 24.3 Å². The van der Waals surface area contributed by atoms with Crippen LogP contribution in [0.3, 0.4) is 0 Å². The highest BCUT2D eigenvalue weighted by Gasteiger charge is 2.45. The number of fused-ring (bicyclic) bond motifs is 2. The standard InChI is InChI=1S/C24H34N4O5.ClH/c1-24(2,32-3)23(31)27-12-10-15-8-9-19(28(15)22(30)17(25)14-27)21(29)26-18-11-13-33-20-7-5-4-6-16(18)20;/h4-7,15,17-19H,8-14,25H2,1-3H3,(H,26,29);1H/t15-,17+,18-,19+;/m1./s1. The van der Waals surface area contributed by atoms with Crippen molar-refractivity contribution in [3.05, 3.63) is 29.8 Å². The summed E-state index contributed by atoms with van der Waals surface area (Å²) in [6.07, 6.45) is 2.57. The number of hydrogen-bond donors (Lipinski definition) is 2. The van der Waals surface area contributed by atoms with E-state index in [0.29, 0.717) is 38.8 Å². The number of hydrogen-bond acceptors (Lipinski definition) is 6. The molecule has 0 aliphatic carbocycles. The van der Waals surface area contributed by atoms with Gasteiger partial charge in [0.2, 0.25) is 11.8 Å². The molecule has 2 saturated heterocycles. The Kier molecular flexibility index (Phi) is 8.10. The molecule has 0 bridgehead atoms. The zero-order chi connectivity index (χ0) is 23.8. The van der Waals surface area contributed by atoms with Crippen molar-refractivity contribution in [3.8, 4) is 5.75 Å². The summed E-state index contributed by atoms with van der Waals surface area (Å²) in [6.45, 7) is 4.52. The molecule has 34 heavy (non-hydrogen) atoms. The first-order valence-corrected chi connectivity index (χ1v) is 11.7. The molecule has 0 saturated carbocycles. The number of nitrogens with two attached hydrogens (primary N) is 1. The van der Waals surface area contributed by atoms with Gasteiger partial charge in [-0.3, -0.25) is 14.4 Å². The molecule has 9 nitrogen and oxygen atoms in total. The van der Waals surface area contributed by atoms with Gasteiger partial charge in [0.05, 0.1) is 12.6 Å². The molecule has 3 amide bonds. The second-order valence-corrected chi connectivity index (χ2v) is 9.59. The third-order valence-electron chi connectivity index (χ3n) is 7.11. The van der Waals surface area contributed by atoms with Crippen molar-refractivity contribution in [1.29, 1.82) is 0 Å². The Morgan fingerprint density at radius 2 is 1.91 bits per heavy atom. The van der Waals surface area contributed by atoms with E-state index in [0.717, 1.165) is 11.3 Å². The lowest BCUT2D eigenvalue weighted by Crippen LogP contribution is -2.61. The molecule has 4 rings (SSSR count). The Labute approximate surface area is 206 Å². The van der Waals surface area contributed by atoms with Crippen LogP contribution in [-0.2, 0) is 19.1 Å². The van der Waals surface area contributed by atoms with Gasteiger partial charge in [-0.15, -0.1) is 12.4 Å². The third-order valence-corrected chi connectivity index (χ3v) is 7.11. The van der Waals surface area contributed by atoms with Crippen LogP contribution in [0.25, 0.3) is 0 Å². The first-order valence-electron chi connectivity index (χ1n) is 11.7. The number of nitrogens with zero attached hydrogens (tertiary/aromatic N) is 2. The molecule has 3 aliphatic heterocycles. The van der Waals surface area contributed by atoms with Gasteiger partial charge in [0.25, 0.3) is 5.91 Å². The van der Waals surface area contributed by atoms with Gasteiger partial charge in [-0.2, -0.15) is 0 Å². The number of amides is 3. The molecule has 188 valence electrons.